The molecule has 2 aromatic carbocycles. The molecule has 0 unspecified atom stereocenters. The van der Waals surface area contributed by atoms with Crippen LogP contribution in [0.2, 0.25) is 0 Å². The smallest absolute Gasteiger partial charge is 0.144 e. The van der Waals surface area contributed by atoms with E-state index >= 15 is 0 Å². The number of benzene rings is 2. The number of halogens is 1. The first-order valence-electron chi connectivity index (χ1n) is 9.61. The highest BCUT2D eigenvalue weighted by atomic mass is 19.1. The van der Waals surface area contributed by atoms with Crippen molar-refractivity contribution in [1.82, 2.24) is 0 Å². The standard InChI is InChI=1S/C23H26FNO/c1-2-3-17-4-8-19(9-5-17)20-10-6-18(7-11-20)16-26-22-13-12-21(15-25)23(24)14-22/h6-7,10-14,17,19H,2-5,8-9,16H2,1H3/t17-,19-. The zero-order chi connectivity index (χ0) is 18.4. The molecule has 3 rings (SSSR count). The predicted molar refractivity (Wildman–Crippen MR) is 101 cm³/mol. The fraction of sp³-hybridized carbons (Fsp3) is 0.435. The van der Waals surface area contributed by atoms with Crippen LogP contribution < -0.4 is 4.74 Å². The Balaban J connectivity index is 1.53. The van der Waals surface area contributed by atoms with Gasteiger partial charge in [-0.3, -0.25) is 0 Å². The number of hydrogen-bond acceptors (Lipinski definition) is 2. The highest BCUT2D eigenvalue weighted by Gasteiger charge is 2.21. The van der Waals surface area contributed by atoms with Crippen LogP contribution in [0.5, 0.6) is 5.75 Å². The van der Waals surface area contributed by atoms with Gasteiger partial charge in [0.1, 0.15) is 24.2 Å². The van der Waals surface area contributed by atoms with E-state index in [-0.39, 0.29) is 5.56 Å². The van der Waals surface area contributed by atoms with Gasteiger partial charge in [0, 0.05) is 6.07 Å². The number of rotatable bonds is 6. The molecule has 0 aromatic heterocycles. The summed E-state index contributed by atoms with van der Waals surface area (Å²) in [4.78, 5) is 0. The summed E-state index contributed by atoms with van der Waals surface area (Å²) in [6.07, 6.45) is 7.98. The van der Waals surface area contributed by atoms with Gasteiger partial charge in [0.15, 0.2) is 0 Å². The fourth-order valence-corrected chi connectivity index (χ4v) is 3.92. The third-order valence-corrected chi connectivity index (χ3v) is 5.46. The van der Waals surface area contributed by atoms with Gasteiger partial charge in [-0.25, -0.2) is 4.39 Å². The molecule has 1 aliphatic carbocycles. The third kappa shape index (κ3) is 4.64. The first kappa shape index (κ1) is 18.5. The molecule has 136 valence electrons. The molecule has 2 aromatic rings. The summed E-state index contributed by atoms with van der Waals surface area (Å²) in [6, 6.07) is 14.8. The second kappa shape index (κ2) is 8.85. The minimum atomic E-state index is -0.543. The molecule has 3 heteroatoms. The molecule has 1 fully saturated rings. The maximum Gasteiger partial charge on any atom is 0.144 e. The van der Waals surface area contributed by atoms with Gasteiger partial charge in [-0.05, 0) is 60.8 Å². The van der Waals surface area contributed by atoms with Crippen LogP contribution in [0.1, 0.15) is 68.1 Å². The van der Waals surface area contributed by atoms with Gasteiger partial charge in [-0.2, -0.15) is 5.26 Å². The lowest BCUT2D eigenvalue weighted by Crippen LogP contribution is -2.13. The average molecular weight is 351 g/mol. The number of hydrogen-bond donors (Lipinski definition) is 0. The molecular weight excluding hydrogens is 325 g/mol. The van der Waals surface area contributed by atoms with Crippen molar-refractivity contribution in [3.05, 3.63) is 65.0 Å². The molecule has 0 aliphatic heterocycles. The molecule has 2 nitrogen and oxygen atoms in total. The Labute approximate surface area is 155 Å². The summed E-state index contributed by atoms with van der Waals surface area (Å²) >= 11 is 0. The van der Waals surface area contributed by atoms with E-state index in [1.165, 1.54) is 56.2 Å². The molecule has 0 spiro atoms. The lowest BCUT2D eigenvalue weighted by molar-refractivity contribution is 0.303. The Hall–Kier alpha value is -2.34. The van der Waals surface area contributed by atoms with Crippen LogP contribution in [0.15, 0.2) is 42.5 Å². The molecular formula is C23H26FNO. The van der Waals surface area contributed by atoms with Crippen molar-refractivity contribution in [3.8, 4) is 11.8 Å². The maximum absolute atomic E-state index is 13.6. The number of ether oxygens (including phenoxy) is 1. The summed E-state index contributed by atoms with van der Waals surface area (Å²) < 4.78 is 19.3. The monoisotopic (exact) mass is 351 g/mol. The van der Waals surface area contributed by atoms with Gasteiger partial charge in [0.25, 0.3) is 0 Å². The van der Waals surface area contributed by atoms with Gasteiger partial charge in [-0.1, -0.05) is 44.0 Å². The van der Waals surface area contributed by atoms with Crippen LogP contribution in [0.4, 0.5) is 4.39 Å². The third-order valence-electron chi connectivity index (χ3n) is 5.46. The molecule has 0 bridgehead atoms. The molecule has 26 heavy (non-hydrogen) atoms. The maximum atomic E-state index is 13.6. The van der Waals surface area contributed by atoms with Gasteiger partial charge in [0.05, 0.1) is 5.56 Å². The van der Waals surface area contributed by atoms with Crippen LogP contribution in [-0.4, -0.2) is 0 Å². The summed E-state index contributed by atoms with van der Waals surface area (Å²) in [5, 5.41) is 8.76. The van der Waals surface area contributed by atoms with Crippen LogP contribution in [0, 0.1) is 23.1 Å². The van der Waals surface area contributed by atoms with E-state index in [0.29, 0.717) is 18.3 Å². The summed E-state index contributed by atoms with van der Waals surface area (Å²) in [5.74, 6) is 1.52. The van der Waals surface area contributed by atoms with Crippen molar-refractivity contribution >= 4 is 0 Å². The largest absolute Gasteiger partial charge is 0.489 e. The summed E-state index contributed by atoms with van der Waals surface area (Å²) in [6.45, 7) is 2.67. The second-order valence-electron chi connectivity index (χ2n) is 7.29. The predicted octanol–water partition coefficient (Wildman–Crippen LogP) is 6.35. The Bertz CT molecular complexity index is 755. The van der Waals surface area contributed by atoms with Gasteiger partial charge in [0.2, 0.25) is 0 Å². The Morgan fingerprint density at radius 1 is 1.08 bits per heavy atom. The van der Waals surface area contributed by atoms with E-state index in [4.69, 9.17) is 10.00 Å². The van der Waals surface area contributed by atoms with E-state index < -0.39 is 5.82 Å². The Kier molecular flexibility index (Phi) is 6.28. The molecule has 0 heterocycles. The highest BCUT2D eigenvalue weighted by Crippen LogP contribution is 2.37. The van der Waals surface area contributed by atoms with Gasteiger partial charge < -0.3 is 4.74 Å². The van der Waals surface area contributed by atoms with Crippen LogP contribution >= 0.6 is 0 Å². The van der Waals surface area contributed by atoms with Crippen molar-refractivity contribution in [2.24, 2.45) is 5.92 Å². The molecule has 1 aliphatic rings. The second-order valence-corrected chi connectivity index (χ2v) is 7.29. The molecule has 0 amide bonds. The van der Waals surface area contributed by atoms with E-state index in [0.717, 1.165) is 11.5 Å². The topological polar surface area (TPSA) is 33.0 Å². The van der Waals surface area contributed by atoms with Gasteiger partial charge in [-0.15, -0.1) is 0 Å². The molecule has 1 saturated carbocycles. The van der Waals surface area contributed by atoms with Gasteiger partial charge >= 0.3 is 0 Å². The van der Waals surface area contributed by atoms with E-state index in [9.17, 15) is 4.39 Å². The average Bonchev–Trinajstić information content (AvgIpc) is 2.68. The van der Waals surface area contributed by atoms with E-state index in [2.05, 4.69) is 31.2 Å². The molecule has 0 N–H and O–H groups in total. The Morgan fingerprint density at radius 3 is 2.42 bits per heavy atom. The minimum Gasteiger partial charge on any atom is -0.489 e. The zero-order valence-corrected chi connectivity index (χ0v) is 15.4. The Morgan fingerprint density at radius 2 is 1.81 bits per heavy atom. The summed E-state index contributed by atoms with van der Waals surface area (Å²) in [7, 11) is 0. The van der Waals surface area contributed by atoms with Crippen LogP contribution in [0.3, 0.4) is 0 Å². The lowest BCUT2D eigenvalue weighted by atomic mass is 9.77. The quantitative estimate of drug-likeness (QED) is 0.607. The number of nitrogens with zero attached hydrogens (tertiary/aromatic N) is 1. The molecule has 0 saturated heterocycles. The first-order valence-corrected chi connectivity index (χ1v) is 9.61. The van der Waals surface area contributed by atoms with Crippen LogP contribution in [-0.2, 0) is 6.61 Å². The summed E-state index contributed by atoms with van der Waals surface area (Å²) in [5.41, 5.74) is 2.53. The van der Waals surface area contributed by atoms with Crippen molar-refractivity contribution in [3.63, 3.8) is 0 Å². The highest BCUT2D eigenvalue weighted by molar-refractivity contribution is 5.36. The zero-order valence-electron chi connectivity index (χ0n) is 15.4. The van der Waals surface area contributed by atoms with Crippen molar-refractivity contribution in [1.29, 1.82) is 5.26 Å². The number of nitriles is 1. The minimum absolute atomic E-state index is 0.0374. The van der Waals surface area contributed by atoms with Crippen molar-refractivity contribution < 1.29 is 9.13 Å². The van der Waals surface area contributed by atoms with E-state index in [1.54, 1.807) is 6.07 Å². The normalized spacial score (nSPS) is 19.7. The lowest BCUT2D eigenvalue weighted by Gasteiger charge is -2.28. The van der Waals surface area contributed by atoms with Crippen molar-refractivity contribution in [2.45, 2.75) is 58.0 Å². The van der Waals surface area contributed by atoms with Crippen LogP contribution in [0.25, 0.3) is 0 Å². The SMILES string of the molecule is CCC[C@H]1CC[C@H](c2ccc(COc3ccc(C#N)c(F)c3)cc2)CC1. The fourth-order valence-electron chi connectivity index (χ4n) is 3.92. The molecule has 0 atom stereocenters. The van der Waals surface area contributed by atoms with Crippen molar-refractivity contribution in [2.75, 3.05) is 0 Å². The van der Waals surface area contributed by atoms with E-state index in [1.807, 2.05) is 6.07 Å². The molecule has 0 radical (unpaired) electrons. The first-order chi connectivity index (χ1) is 12.7.